The lowest BCUT2D eigenvalue weighted by Gasteiger charge is -2.28. The molecule has 2 aromatic rings. The number of pyridine rings is 1. The number of hydrogen-bond donors (Lipinski definition) is 0. The maximum atomic E-state index is 13.1. The van der Waals surface area contributed by atoms with Crippen molar-refractivity contribution in [3.8, 4) is 0 Å². The monoisotopic (exact) mass is 493 g/mol. The molecule has 7 nitrogen and oxygen atoms in total. The first-order valence-electron chi connectivity index (χ1n) is 13.0. The Bertz CT molecular complexity index is 943. The highest BCUT2D eigenvalue weighted by atomic mass is 16.6. The molecule has 0 bridgehead atoms. The maximum Gasteiger partial charge on any atom is 0.409 e. The molecule has 0 N–H and O–H groups in total. The topological polar surface area (TPSA) is 79.8 Å². The number of nitrogens with zero attached hydrogens (tertiary/aromatic N) is 3. The van der Waals surface area contributed by atoms with Crippen LogP contribution in [0.2, 0.25) is 0 Å². The summed E-state index contributed by atoms with van der Waals surface area (Å²) in [6, 6.07) is 13.9. The summed E-state index contributed by atoms with van der Waals surface area (Å²) in [6.45, 7) is 7.05. The second-order valence-electron chi connectivity index (χ2n) is 10.5. The fraction of sp³-hybridized carbons (Fsp3) is 0.517. The van der Waals surface area contributed by atoms with Gasteiger partial charge in [-0.05, 0) is 55.7 Å². The minimum atomic E-state index is -0.731. The van der Waals surface area contributed by atoms with Crippen molar-refractivity contribution in [1.82, 2.24) is 14.8 Å². The fourth-order valence-corrected chi connectivity index (χ4v) is 4.42. The molecule has 7 heteroatoms. The number of ketones is 1. The summed E-state index contributed by atoms with van der Waals surface area (Å²) in [6.07, 6.45) is 8.12. The van der Waals surface area contributed by atoms with Gasteiger partial charge in [0, 0.05) is 37.4 Å². The van der Waals surface area contributed by atoms with Crippen molar-refractivity contribution < 1.29 is 19.1 Å². The first-order chi connectivity index (χ1) is 17.3. The van der Waals surface area contributed by atoms with E-state index < -0.39 is 17.1 Å². The Hall–Kier alpha value is -3.22. The molecule has 0 aliphatic carbocycles. The van der Waals surface area contributed by atoms with Crippen LogP contribution in [0.1, 0.15) is 57.6 Å². The number of aromatic nitrogens is 1. The van der Waals surface area contributed by atoms with Gasteiger partial charge in [0.05, 0.1) is 6.04 Å². The summed E-state index contributed by atoms with van der Waals surface area (Å²) >= 11 is 0. The minimum absolute atomic E-state index is 0.111. The molecular formula is C29H39N3O4. The number of carbonyl (C=O) groups excluding carboxylic acids is 3. The van der Waals surface area contributed by atoms with Crippen LogP contribution in [0.25, 0.3) is 0 Å². The van der Waals surface area contributed by atoms with Crippen LogP contribution in [0.5, 0.6) is 0 Å². The number of aryl methyl sites for hydroxylation is 2. The first kappa shape index (κ1) is 27.4. The van der Waals surface area contributed by atoms with Gasteiger partial charge in [-0.25, -0.2) is 4.79 Å². The van der Waals surface area contributed by atoms with Gasteiger partial charge < -0.3 is 14.5 Å². The average molecular weight is 494 g/mol. The summed E-state index contributed by atoms with van der Waals surface area (Å²) in [5, 5.41) is 0. The Labute approximate surface area is 214 Å². The number of hydrogen-bond acceptors (Lipinski definition) is 5. The Morgan fingerprint density at radius 3 is 2.31 bits per heavy atom. The van der Waals surface area contributed by atoms with Gasteiger partial charge >= 0.3 is 6.09 Å². The molecule has 36 heavy (non-hydrogen) atoms. The molecule has 1 saturated heterocycles. The predicted molar refractivity (Wildman–Crippen MR) is 139 cm³/mol. The van der Waals surface area contributed by atoms with Crippen molar-refractivity contribution >= 4 is 17.8 Å². The van der Waals surface area contributed by atoms with E-state index in [1.807, 2.05) is 36.5 Å². The largest absolute Gasteiger partial charge is 0.447 e. The van der Waals surface area contributed by atoms with Crippen molar-refractivity contribution in [3.05, 3.63) is 66.0 Å². The molecule has 0 radical (unpaired) electrons. The van der Waals surface area contributed by atoms with E-state index in [1.165, 1.54) is 5.56 Å². The van der Waals surface area contributed by atoms with Gasteiger partial charge in [-0.2, -0.15) is 0 Å². The molecule has 1 atom stereocenters. The molecule has 1 fully saturated rings. The van der Waals surface area contributed by atoms with Crippen LogP contribution in [0.15, 0.2) is 54.9 Å². The van der Waals surface area contributed by atoms with Gasteiger partial charge in [0.1, 0.15) is 6.61 Å². The highest BCUT2D eigenvalue weighted by Gasteiger charge is 2.37. The number of carbonyl (C=O) groups is 3. The van der Waals surface area contributed by atoms with Crippen LogP contribution in [0, 0.1) is 5.41 Å². The van der Waals surface area contributed by atoms with Crippen LogP contribution in [0.4, 0.5) is 4.79 Å². The van der Waals surface area contributed by atoms with Crippen molar-refractivity contribution in [2.24, 2.45) is 5.41 Å². The van der Waals surface area contributed by atoms with Gasteiger partial charge in [-0.1, -0.05) is 57.2 Å². The number of benzene rings is 1. The normalized spacial score (nSPS) is 15.5. The number of amides is 2. The van der Waals surface area contributed by atoms with E-state index in [-0.39, 0.29) is 18.7 Å². The zero-order valence-corrected chi connectivity index (χ0v) is 21.8. The lowest BCUT2D eigenvalue weighted by molar-refractivity contribution is -0.149. The van der Waals surface area contributed by atoms with Crippen LogP contribution in [-0.2, 0) is 27.2 Å². The van der Waals surface area contributed by atoms with Crippen molar-refractivity contribution in [2.75, 3.05) is 26.2 Å². The van der Waals surface area contributed by atoms with Gasteiger partial charge in [-0.15, -0.1) is 0 Å². The summed E-state index contributed by atoms with van der Waals surface area (Å²) in [5.74, 6) is -0.879. The fourth-order valence-electron chi connectivity index (χ4n) is 4.42. The summed E-state index contributed by atoms with van der Waals surface area (Å²) in [7, 11) is 0. The van der Waals surface area contributed by atoms with Crippen molar-refractivity contribution in [3.63, 3.8) is 0 Å². The van der Waals surface area contributed by atoms with Crippen LogP contribution >= 0.6 is 0 Å². The van der Waals surface area contributed by atoms with Gasteiger partial charge in [-0.3, -0.25) is 14.6 Å². The summed E-state index contributed by atoms with van der Waals surface area (Å²) < 4.78 is 5.71. The van der Waals surface area contributed by atoms with Crippen molar-refractivity contribution in [1.29, 1.82) is 0 Å². The third kappa shape index (κ3) is 8.18. The lowest BCUT2D eigenvalue weighted by Crippen LogP contribution is -2.46. The van der Waals surface area contributed by atoms with E-state index >= 15 is 0 Å². The van der Waals surface area contributed by atoms with E-state index in [0.717, 1.165) is 44.1 Å². The minimum Gasteiger partial charge on any atom is -0.447 e. The van der Waals surface area contributed by atoms with E-state index in [9.17, 15) is 14.4 Å². The smallest absolute Gasteiger partial charge is 0.409 e. The predicted octanol–water partition coefficient (Wildman–Crippen LogP) is 4.69. The maximum absolute atomic E-state index is 13.1. The van der Waals surface area contributed by atoms with Crippen LogP contribution in [0.3, 0.4) is 0 Å². The van der Waals surface area contributed by atoms with Crippen LogP contribution < -0.4 is 0 Å². The highest BCUT2D eigenvalue weighted by Crippen LogP contribution is 2.23. The molecule has 3 rings (SSSR count). The Kier molecular flexibility index (Phi) is 10.0. The Morgan fingerprint density at radius 2 is 1.67 bits per heavy atom. The molecular weight excluding hydrogens is 454 g/mol. The average Bonchev–Trinajstić information content (AvgIpc) is 3.35. The van der Waals surface area contributed by atoms with Gasteiger partial charge in [0.2, 0.25) is 5.78 Å². The molecule has 1 aromatic heterocycles. The molecule has 1 aromatic carbocycles. The molecule has 1 aliphatic rings. The third-order valence-electron chi connectivity index (χ3n) is 6.52. The third-order valence-corrected chi connectivity index (χ3v) is 6.52. The van der Waals surface area contributed by atoms with Gasteiger partial charge in [0.25, 0.3) is 5.91 Å². The molecule has 0 saturated carbocycles. The number of likely N-dealkylation sites (tertiary alicyclic amines) is 1. The molecule has 1 aliphatic heterocycles. The quantitative estimate of drug-likeness (QED) is 0.424. The Morgan fingerprint density at radius 1 is 1.00 bits per heavy atom. The molecule has 194 valence electrons. The SMILES string of the molecule is CC(C)(C)C(=O)C(=O)N1CCC[C@H]1COC(=O)N(CCCc1ccccc1)CCCc1cccnc1. The summed E-state index contributed by atoms with van der Waals surface area (Å²) in [4.78, 5) is 45.8. The summed E-state index contributed by atoms with van der Waals surface area (Å²) in [5.41, 5.74) is 1.65. The molecule has 2 heterocycles. The van der Waals surface area contributed by atoms with E-state index in [4.69, 9.17) is 4.74 Å². The van der Waals surface area contributed by atoms with E-state index in [0.29, 0.717) is 19.6 Å². The zero-order chi connectivity index (χ0) is 26.0. The first-order valence-corrected chi connectivity index (χ1v) is 13.0. The molecule has 0 unspecified atom stereocenters. The highest BCUT2D eigenvalue weighted by molar-refractivity contribution is 6.37. The molecule has 2 amide bonds. The standard InChI is InChI=1S/C29H39N3O4/c1-29(2,3)26(33)27(34)32-20-10-16-25(32)22-36-28(35)31(18-8-14-23-11-5-4-6-12-23)19-9-15-24-13-7-17-30-21-24/h4-7,11-13,17,21,25H,8-10,14-16,18-20,22H2,1-3H3/t25-/m0/s1. The number of rotatable bonds is 11. The van der Waals surface area contributed by atoms with Gasteiger partial charge in [0.15, 0.2) is 0 Å². The second kappa shape index (κ2) is 13.2. The zero-order valence-electron chi connectivity index (χ0n) is 21.8. The van der Waals surface area contributed by atoms with Crippen LogP contribution in [-0.4, -0.2) is 64.9 Å². The van der Waals surface area contributed by atoms with E-state index in [1.54, 1.807) is 36.8 Å². The van der Waals surface area contributed by atoms with E-state index in [2.05, 4.69) is 17.1 Å². The Balaban J connectivity index is 1.55. The lowest BCUT2D eigenvalue weighted by atomic mass is 9.90. The number of Topliss-reactive ketones (excluding diaryl/α,β-unsaturated/α-hetero) is 1. The second-order valence-corrected chi connectivity index (χ2v) is 10.5. The number of ether oxygens (including phenoxy) is 1. The molecule has 0 spiro atoms. The van der Waals surface area contributed by atoms with Crippen molar-refractivity contribution in [2.45, 2.75) is 65.3 Å².